The molecule has 0 unspecified atom stereocenters. The molecule has 1 atom stereocenters. The molecule has 1 aromatic rings. The molecule has 0 aromatic carbocycles. The number of rotatable bonds is 6. The minimum Gasteiger partial charge on any atom is -0.464 e. The highest BCUT2D eigenvalue weighted by molar-refractivity contribution is 5.95. The number of ether oxygens (including phenoxy) is 1. The molecule has 18 heavy (non-hydrogen) atoms. The van der Waals surface area contributed by atoms with Gasteiger partial charge in [-0.2, -0.15) is 0 Å². The van der Waals surface area contributed by atoms with Crippen LogP contribution < -0.4 is 5.32 Å². The van der Waals surface area contributed by atoms with Gasteiger partial charge in [-0.25, -0.2) is 4.79 Å². The van der Waals surface area contributed by atoms with E-state index in [9.17, 15) is 9.59 Å². The summed E-state index contributed by atoms with van der Waals surface area (Å²) in [6, 6.07) is 3.79. The highest BCUT2D eigenvalue weighted by Crippen LogP contribution is 1.96. The van der Waals surface area contributed by atoms with Gasteiger partial charge in [0.15, 0.2) is 6.04 Å². The lowest BCUT2D eigenvalue weighted by Gasteiger charge is -2.14. The molecule has 2 N–H and O–H groups in total. The van der Waals surface area contributed by atoms with Gasteiger partial charge in [0, 0.05) is 6.20 Å². The van der Waals surface area contributed by atoms with Gasteiger partial charge < -0.3 is 15.2 Å². The van der Waals surface area contributed by atoms with Crippen molar-refractivity contribution in [2.45, 2.75) is 19.4 Å². The fourth-order valence-electron chi connectivity index (χ4n) is 1.21. The van der Waals surface area contributed by atoms with Gasteiger partial charge in [0.05, 0.1) is 13.2 Å². The number of carbonyl (C=O) groups is 2. The van der Waals surface area contributed by atoms with Crippen LogP contribution in [0.25, 0.3) is 0 Å². The van der Waals surface area contributed by atoms with E-state index in [2.05, 4.69) is 10.3 Å². The molecule has 0 aliphatic carbocycles. The average molecular weight is 252 g/mol. The van der Waals surface area contributed by atoms with Crippen LogP contribution in [0.4, 0.5) is 0 Å². The highest BCUT2D eigenvalue weighted by Gasteiger charge is 2.22. The van der Waals surface area contributed by atoms with Crippen molar-refractivity contribution in [1.29, 1.82) is 0 Å². The zero-order chi connectivity index (χ0) is 13.4. The van der Waals surface area contributed by atoms with Crippen molar-refractivity contribution in [3.05, 3.63) is 30.1 Å². The molecular formula is C12H16N2O4. The summed E-state index contributed by atoms with van der Waals surface area (Å²) >= 11 is 0. The number of esters is 1. The molecular weight excluding hydrogens is 236 g/mol. The fourth-order valence-corrected chi connectivity index (χ4v) is 1.21. The molecule has 0 fully saturated rings. The van der Waals surface area contributed by atoms with E-state index in [0.29, 0.717) is 6.42 Å². The van der Waals surface area contributed by atoms with Crippen molar-refractivity contribution in [3.8, 4) is 0 Å². The van der Waals surface area contributed by atoms with Crippen molar-refractivity contribution in [3.63, 3.8) is 0 Å². The average Bonchev–Trinajstić information content (AvgIpc) is 2.42. The van der Waals surface area contributed by atoms with Gasteiger partial charge in [0.1, 0.15) is 5.69 Å². The number of aliphatic hydroxyl groups is 1. The predicted molar refractivity (Wildman–Crippen MR) is 63.8 cm³/mol. The molecule has 0 saturated carbocycles. The monoisotopic (exact) mass is 252 g/mol. The molecule has 98 valence electrons. The Bertz CT molecular complexity index is 394. The smallest absolute Gasteiger partial charge is 0.331 e. The maximum Gasteiger partial charge on any atom is 0.331 e. The Hall–Kier alpha value is -1.95. The number of pyridine rings is 1. The number of aliphatic hydroxyl groups excluding tert-OH is 1. The third-order valence-corrected chi connectivity index (χ3v) is 2.12. The number of hydrogen-bond acceptors (Lipinski definition) is 5. The number of aromatic nitrogens is 1. The lowest BCUT2D eigenvalue weighted by Crippen LogP contribution is -2.44. The first-order valence-corrected chi connectivity index (χ1v) is 5.68. The molecule has 0 aliphatic rings. The second-order valence-corrected chi connectivity index (χ2v) is 3.59. The second kappa shape index (κ2) is 7.39. The molecule has 6 nitrogen and oxygen atoms in total. The summed E-state index contributed by atoms with van der Waals surface area (Å²) < 4.78 is 4.85. The molecule has 0 radical (unpaired) electrons. The summed E-state index contributed by atoms with van der Waals surface area (Å²) in [5.41, 5.74) is 0.180. The van der Waals surface area contributed by atoms with Gasteiger partial charge in [-0.1, -0.05) is 13.0 Å². The summed E-state index contributed by atoms with van der Waals surface area (Å²) in [5.74, 6) is -1.17. The van der Waals surface area contributed by atoms with Crippen LogP contribution in [0.15, 0.2) is 24.4 Å². The quantitative estimate of drug-likeness (QED) is 0.702. The lowest BCUT2D eigenvalue weighted by atomic mass is 10.2. The van der Waals surface area contributed by atoms with E-state index in [1.165, 1.54) is 12.3 Å². The molecule has 6 heteroatoms. The van der Waals surface area contributed by atoms with E-state index in [-0.39, 0.29) is 12.3 Å². The summed E-state index contributed by atoms with van der Waals surface area (Å²) in [4.78, 5) is 27.0. The Balaban J connectivity index is 2.58. The number of nitrogens with zero attached hydrogens (tertiary/aromatic N) is 1. The third-order valence-electron chi connectivity index (χ3n) is 2.12. The van der Waals surface area contributed by atoms with E-state index in [4.69, 9.17) is 9.84 Å². The van der Waals surface area contributed by atoms with Crippen LogP contribution >= 0.6 is 0 Å². The highest BCUT2D eigenvalue weighted by atomic mass is 16.5. The first-order chi connectivity index (χ1) is 8.69. The SMILES string of the molecule is CCCOC(=O)[C@H](CO)NC(=O)c1ccccn1. The van der Waals surface area contributed by atoms with E-state index in [0.717, 1.165) is 0 Å². The zero-order valence-electron chi connectivity index (χ0n) is 10.1. The van der Waals surface area contributed by atoms with Gasteiger partial charge in [0.25, 0.3) is 5.91 Å². The van der Waals surface area contributed by atoms with Crippen molar-refractivity contribution < 1.29 is 19.4 Å². The molecule has 1 heterocycles. The first kappa shape index (κ1) is 14.1. The maximum atomic E-state index is 11.7. The standard InChI is InChI=1S/C12H16N2O4/c1-2-7-18-12(17)10(8-15)14-11(16)9-5-3-4-6-13-9/h3-6,10,15H,2,7-8H2,1H3,(H,14,16)/t10-/m0/s1. The molecule has 0 saturated heterocycles. The Kier molecular flexibility index (Phi) is 5.79. The molecule has 1 aromatic heterocycles. The van der Waals surface area contributed by atoms with Gasteiger partial charge in [-0.15, -0.1) is 0 Å². The number of amides is 1. The summed E-state index contributed by atoms with van der Waals surface area (Å²) in [5, 5.41) is 11.4. The van der Waals surface area contributed by atoms with Crippen LogP contribution in [0.3, 0.4) is 0 Å². The largest absolute Gasteiger partial charge is 0.464 e. The molecule has 1 rings (SSSR count). The van der Waals surface area contributed by atoms with E-state index in [1.54, 1.807) is 12.1 Å². The van der Waals surface area contributed by atoms with Crippen molar-refractivity contribution in [1.82, 2.24) is 10.3 Å². The van der Waals surface area contributed by atoms with Gasteiger partial charge >= 0.3 is 5.97 Å². The Morgan fingerprint density at radius 2 is 2.28 bits per heavy atom. The fraction of sp³-hybridized carbons (Fsp3) is 0.417. The normalized spacial score (nSPS) is 11.7. The Morgan fingerprint density at radius 3 is 2.83 bits per heavy atom. The van der Waals surface area contributed by atoms with Crippen LogP contribution in [0.2, 0.25) is 0 Å². The van der Waals surface area contributed by atoms with Gasteiger partial charge in [-0.3, -0.25) is 9.78 Å². The number of hydrogen-bond donors (Lipinski definition) is 2. The van der Waals surface area contributed by atoms with Crippen LogP contribution in [0.1, 0.15) is 23.8 Å². The zero-order valence-corrected chi connectivity index (χ0v) is 10.1. The molecule has 1 amide bonds. The van der Waals surface area contributed by atoms with Crippen LogP contribution in [-0.2, 0) is 9.53 Å². The van der Waals surface area contributed by atoms with E-state index in [1.807, 2.05) is 6.92 Å². The second-order valence-electron chi connectivity index (χ2n) is 3.59. The van der Waals surface area contributed by atoms with E-state index >= 15 is 0 Å². The minimum atomic E-state index is -1.06. The van der Waals surface area contributed by atoms with Crippen molar-refractivity contribution >= 4 is 11.9 Å². The molecule has 0 bridgehead atoms. The van der Waals surface area contributed by atoms with Crippen LogP contribution in [-0.4, -0.2) is 41.2 Å². The van der Waals surface area contributed by atoms with Crippen molar-refractivity contribution in [2.75, 3.05) is 13.2 Å². The maximum absolute atomic E-state index is 11.7. The molecule has 0 spiro atoms. The van der Waals surface area contributed by atoms with Crippen molar-refractivity contribution in [2.24, 2.45) is 0 Å². The van der Waals surface area contributed by atoms with Gasteiger partial charge in [0.2, 0.25) is 0 Å². The summed E-state index contributed by atoms with van der Waals surface area (Å²) in [6.07, 6.45) is 2.15. The summed E-state index contributed by atoms with van der Waals surface area (Å²) in [7, 11) is 0. The Labute approximate surface area is 105 Å². The number of carbonyl (C=O) groups excluding carboxylic acids is 2. The summed E-state index contributed by atoms with van der Waals surface area (Å²) in [6.45, 7) is 1.60. The predicted octanol–water partition coefficient (Wildman–Crippen LogP) is 0.125. The minimum absolute atomic E-state index is 0.180. The van der Waals surface area contributed by atoms with E-state index < -0.39 is 24.5 Å². The third kappa shape index (κ3) is 4.14. The van der Waals surface area contributed by atoms with Gasteiger partial charge in [-0.05, 0) is 18.6 Å². The number of nitrogens with one attached hydrogen (secondary N) is 1. The molecule has 0 aliphatic heterocycles. The Morgan fingerprint density at radius 1 is 1.50 bits per heavy atom. The van der Waals surface area contributed by atoms with Crippen LogP contribution in [0.5, 0.6) is 0 Å². The first-order valence-electron chi connectivity index (χ1n) is 5.68. The van der Waals surface area contributed by atoms with Crippen LogP contribution in [0, 0.1) is 0 Å². The lowest BCUT2D eigenvalue weighted by molar-refractivity contribution is -0.146. The topological polar surface area (TPSA) is 88.5 Å².